The van der Waals surface area contributed by atoms with Crippen LogP contribution < -0.4 is 21.5 Å². The summed E-state index contributed by atoms with van der Waals surface area (Å²) in [6, 6.07) is 9.91. The molecular formula is C25H25N7O4. The zero-order valence-electron chi connectivity index (χ0n) is 19.8. The maximum absolute atomic E-state index is 12.2. The summed E-state index contributed by atoms with van der Waals surface area (Å²) in [5.41, 5.74) is 17.0. The van der Waals surface area contributed by atoms with E-state index in [-0.39, 0.29) is 12.6 Å². The van der Waals surface area contributed by atoms with Crippen molar-refractivity contribution >= 4 is 39.6 Å². The van der Waals surface area contributed by atoms with Crippen molar-refractivity contribution in [1.29, 1.82) is 0 Å². The van der Waals surface area contributed by atoms with Crippen molar-refractivity contribution in [3.63, 3.8) is 0 Å². The fourth-order valence-corrected chi connectivity index (χ4v) is 4.68. The Hall–Kier alpha value is -4.51. The van der Waals surface area contributed by atoms with Gasteiger partial charge in [0.15, 0.2) is 11.1 Å². The number of aromatic amines is 1. The number of fused-ring (bicyclic) bond motifs is 1. The van der Waals surface area contributed by atoms with Crippen LogP contribution in [0, 0.1) is 0 Å². The molecule has 1 amide bonds. The van der Waals surface area contributed by atoms with Crippen molar-refractivity contribution in [2.45, 2.75) is 12.5 Å². The normalized spacial score (nSPS) is 14.8. The third kappa shape index (κ3) is 3.35. The number of nitrogens with two attached hydrogens (primary N) is 2. The highest BCUT2D eigenvalue weighted by molar-refractivity contribution is 6.07. The lowest BCUT2D eigenvalue weighted by molar-refractivity contribution is -0.128. The summed E-state index contributed by atoms with van der Waals surface area (Å²) >= 11 is 0. The fourth-order valence-electron chi connectivity index (χ4n) is 4.68. The Morgan fingerprint density at radius 3 is 2.92 bits per heavy atom. The Labute approximate surface area is 205 Å². The van der Waals surface area contributed by atoms with Crippen LogP contribution in [0.4, 0.5) is 11.7 Å². The molecule has 5 aromatic rings. The standard InChI is InChI=1S/C25H25N7O4/c1-25(12-34-2,23(26)33)32-11-15(10-29-32)14-8-17-20-19(9-14)35-6-5-28-22(20)21(30-17)13-3-4-18-16(7-13)31-24(27)36-18/h3-4,7-11,28,30H,5-6,12H2,1-2H3,(H2,26,33)(H2,27,31)/t25-/m1/s1. The Morgan fingerprint density at radius 1 is 1.25 bits per heavy atom. The summed E-state index contributed by atoms with van der Waals surface area (Å²) < 4.78 is 18.3. The molecule has 0 aliphatic carbocycles. The molecule has 1 aliphatic rings. The first-order valence-electron chi connectivity index (χ1n) is 11.4. The number of hydrogen-bond donors (Lipinski definition) is 4. The van der Waals surface area contributed by atoms with E-state index in [0.717, 1.165) is 44.7 Å². The van der Waals surface area contributed by atoms with Crippen LogP contribution in [0.1, 0.15) is 6.92 Å². The van der Waals surface area contributed by atoms with Gasteiger partial charge in [-0.1, -0.05) is 0 Å². The van der Waals surface area contributed by atoms with Crippen molar-refractivity contribution in [3.8, 4) is 28.1 Å². The second-order valence-corrected chi connectivity index (χ2v) is 9.03. The number of carbonyl (C=O) groups is 1. The molecule has 0 spiro atoms. The van der Waals surface area contributed by atoms with Crippen molar-refractivity contribution < 1.29 is 18.7 Å². The second kappa shape index (κ2) is 8.02. The summed E-state index contributed by atoms with van der Waals surface area (Å²) in [5, 5.41) is 8.87. The topological polar surface area (TPSA) is 159 Å². The number of nitrogens with zero attached hydrogens (tertiary/aromatic N) is 3. The highest BCUT2D eigenvalue weighted by atomic mass is 16.5. The van der Waals surface area contributed by atoms with Crippen molar-refractivity contribution in [2.24, 2.45) is 5.73 Å². The van der Waals surface area contributed by atoms with Crippen LogP contribution in [0.5, 0.6) is 5.75 Å². The van der Waals surface area contributed by atoms with E-state index < -0.39 is 11.4 Å². The largest absolute Gasteiger partial charge is 0.491 e. The second-order valence-electron chi connectivity index (χ2n) is 9.03. The Bertz CT molecular complexity index is 1630. The Balaban J connectivity index is 1.48. The number of amides is 1. The predicted molar refractivity (Wildman–Crippen MR) is 136 cm³/mol. The monoisotopic (exact) mass is 487 g/mol. The molecule has 1 aliphatic heterocycles. The molecule has 6 rings (SSSR count). The van der Waals surface area contributed by atoms with E-state index in [0.29, 0.717) is 24.3 Å². The summed E-state index contributed by atoms with van der Waals surface area (Å²) in [6.07, 6.45) is 3.49. The zero-order chi connectivity index (χ0) is 25.0. The quantitative estimate of drug-likeness (QED) is 0.284. The fraction of sp³-hybridized carbons (Fsp3) is 0.240. The molecule has 11 heteroatoms. The van der Waals surface area contributed by atoms with Crippen LogP contribution in [-0.2, 0) is 15.1 Å². The maximum Gasteiger partial charge on any atom is 0.292 e. The number of nitrogens with one attached hydrogen (secondary N) is 2. The number of hydrogen-bond acceptors (Lipinski definition) is 8. The average Bonchev–Trinajstić information content (AvgIpc) is 3.53. The maximum atomic E-state index is 12.2. The molecule has 11 nitrogen and oxygen atoms in total. The van der Waals surface area contributed by atoms with Crippen molar-refractivity contribution in [1.82, 2.24) is 19.7 Å². The van der Waals surface area contributed by atoms with Crippen LogP contribution in [0.3, 0.4) is 0 Å². The third-order valence-electron chi connectivity index (χ3n) is 6.59. The van der Waals surface area contributed by atoms with Crippen LogP contribution >= 0.6 is 0 Å². The number of methoxy groups -OCH3 is 1. The number of aromatic nitrogens is 4. The number of primary amides is 1. The van der Waals surface area contributed by atoms with Gasteiger partial charge in [0.25, 0.3) is 6.01 Å². The highest BCUT2D eigenvalue weighted by Gasteiger charge is 2.34. The van der Waals surface area contributed by atoms with E-state index >= 15 is 0 Å². The van der Waals surface area contributed by atoms with Gasteiger partial charge in [0.1, 0.15) is 17.9 Å². The lowest BCUT2D eigenvalue weighted by Crippen LogP contribution is -2.47. The first-order valence-corrected chi connectivity index (χ1v) is 11.4. The number of benzene rings is 2. The molecule has 6 N–H and O–H groups in total. The van der Waals surface area contributed by atoms with Crippen molar-refractivity contribution in [2.75, 3.05) is 37.9 Å². The van der Waals surface area contributed by atoms with Crippen LogP contribution in [0.15, 0.2) is 47.1 Å². The minimum Gasteiger partial charge on any atom is -0.491 e. The molecule has 184 valence electrons. The smallest absolute Gasteiger partial charge is 0.292 e. The average molecular weight is 488 g/mol. The molecule has 1 atom stereocenters. The van der Waals surface area contributed by atoms with Gasteiger partial charge >= 0.3 is 0 Å². The number of ether oxygens (including phenoxy) is 2. The Morgan fingerprint density at radius 2 is 2.11 bits per heavy atom. The molecule has 0 bridgehead atoms. The summed E-state index contributed by atoms with van der Waals surface area (Å²) in [7, 11) is 1.52. The highest BCUT2D eigenvalue weighted by Crippen LogP contribution is 2.44. The number of carbonyl (C=O) groups excluding carboxylic acids is 1. The van der Waals surface area contributed by atoms with E-state index in [1.807, 2.05) is 30.3 Å². The number of anilines is 2. The minimum atomic E-state index is -1.11. The van der Waals surface area contributed by atoms with Gasteiger partial charge in [0.2, 0.25) is 5.91 Å². The van der Waals surface area contributed by atoms with E-state index in [1.54, 1.807) is 24.0 Å². The zero-order valence-corrected chi connectivity index (χ0v) is 19.8. The van der Waals surface area contributed by atoms with Gasteiger partial charge in [0, 0.05) is 31.0 Å². The molecule has 0 fully saturated rings. The van der Waals surface area contributed by atoms with Gasteiger partial charge in [-0.3, -0.25) is 9.48 Å². The van der Waals surface area contributed by atoms with E-state index in [1.165, 1.54) is 7.11 Å². The summed E-state index contributed by atoms with van der Waals surface area (Å²) in [6.45, 7) is 2.96. The van der Waals surface area contributed by atoms with E-state index in [4.69, 9.17) is 25.4 Å². The van der Waals surface area contributed by atoms with Gasteiger partial charge in [0.05, 0.1) is 35.1 Å². The molecule has 2 aromatic carbocycles. The van der Waals surface area contributed by atoms with Gasteiger partial charge in [-0.15, -0.1) is 0 Å². The van der Waals surface area contributed by atoms with Gasteiger partial charge in [-0.2, -0.15) is 10.1 Å². The lowest BCUT2D eigenvalue weighted by Gasteiger charge is -2.25. The van der Waals surface area contributed by atoms with Gasteiger partial charge < -0.3 is 35.7 Å². The van der Waals surface area contributed by atoms with Crippen LogP contribution in [0.2, 0.25) is 0 Å². The molecule has 0 saturated heterocycles. The SMILES string of the molecule is COC[C@](C)(C(N)=O)n1cc(-c2cc3c4c(c(-c5ccc6oc(N)nc6c5)[nH]c4c2)NCCO3)cn1. The van der Waals surface area contributed by atoms with Gasteiger partial charge in [-0.05, 0) is 42.8 Å². The molecular weight excluding hydrogens is 462 g/mol. The molecule has 0 unspecified atom stereocenters. The predicted octanol–water partition coefficient (Wildman–Crippen LogP) is 3.07. The number of rotatable bonds is 6. The number of nitrogen functional groups attached to an aromatic ring is 1. The van der Waals surface area contributed by atoms with Crippen LogP contribution in [0.25, 0.3) is 44.4 Å². The van der Waals surface area contributed by atoms with E-state index in [9.17, 15) is 4.79 Å². The molecule has 36 heavy (non-hydrogen) atoms. The first kappa shape index (κ1) is 22.0. The first-order chi connectivity index (χ1) is 17.4. The Kier molecular flexibility index (Phi) is 4.90. The minimum absolute atomic E-state index is 0.105. The molecule has 4 heterocycles. The number of oxazole rings is 1. The molecule has 3 aromatic heterocycles. The number of H-pyrrole nitrogens is 1. The van der Waals surface area contributed by atoms with E-state index in [2.05, 4.69) is 20.4 Å². The lowest BCUT2D eigenvalue weighted by atomic mass is 10.0. The third-order valence-corrected chi connectivity index (χ3v) is 6.59. The summed E-state index contributed by atoms with van der Waals surface area (Å²) in [5.74, 6) is 0.221. The van der Waals surface area contributed by atoms with Crippen molar-refractivity contribution in [3.05, 3.63) is 42.7 Å². The van der Waals surface area contributed by atoms with Gasteiger partial charge in [-0.25, -0.2) is 0 Å². The molecule has 0 saturated carbocycles. The summed E-state index contributed by atoms with van der Waals surface area (Å²) in [4.78, 5) is 20.0. The van der Waals surface area contributed by atoms with Crippen LogP contribution in [-0.4, -0.2) is 52.5 Å². The molecule has 0 radical (unpaired) electrons.